The average molecular weight is 524 g/mol. The maximum Gasteiger partial charge on any atom is 1.00 e. The van der Waals surface area contributed by atoms with E-state index >= 15 is 0 Å². The van der Waals surface area contributed by atoms with Gasteiger partial charge in [0.05, 0.1) is 4.92 Å². The summed E-state index contributed by atoms with van der Waals surface area (Å²) in [5, 5.41) is 20.1. The first-order valence-electron chi connectivity index (χ1n) is 7.50. The van der Waals surface area contributed by atoms with Crippen LogP contribution in [0.3, 0.4) is 0 Å². The van der Waals surface area contributed by atoms with E-state index in [9.17, 15) is 29.3 Å². The third-order valence-corrected chi connectivity index (χ3v) is 3.20. The molecule has 2 heterocycles. The Labute approximate surface area is 225 Å². The Morgan fingerprint density at radius 2 is 1.45 bits per heavy atom. The van der Waals surface area contributed by atoms with Crippen LogP contribution in [0.2, 0.25) is 0 Å². The molecule has 0 spiro atoms. The predicted molar refractivity (Wildman–Crippen MR) is 102 cm³/mol. The molecule has 19 nitrogen and oxygen atoms in total. The van der Waals surface area contributed by atoms with Crippen LogP contribution in [0.25, 0.3) is 0 Å². The number of rotatable bonds is 2. The van der Waals surface area contributed by atoms with Crippen LogP contribution in [0.4, 0.5) is 5.69 Å². The summed E-state index contributed by atoms with van der Waals surface area (Å²) in [5.74, 6) is 0. The van der Waals surface area contributed by atoms with Gasteiger partial charge in [-0.3, -0.25) is 43.3 Å². The van der Waals surface area contributed by atoms with Crippen molar-refractivity contribution >= 4 is 16.1 Å². The molecule has 180 valence electrons. The standard InChI is InChI=1S/C6H7N3O4.C6H8N2O2.K.HNO3.H2O4S/c1-3-4(9(12)13)5(10)7-6(11)8(3)2;1-4-3-5(9)7-6(10)8(4)2;;2-1-4-3;1-5(2,3)4/h1-2H3,(H,7,10,11);3H,1-2H3,(H,7,9,10);;3H;(H2,1,2,3,4)/q;;+1;;/p-1. The van der Waals surface area contributed by atoms with Crippen LogP contribution in [-0.4, -0.2) is 41.5 Å². The maximum absolute atomic E-state index is 10.9. The van der Waals surface area contributed by atoms with Crippen molar-refractivity contribution in [1.82, 2.24) is 19.1 Å². The summed E-state index contributed by atoms with van der Waals surface area (Å²) < 4.78 is 34.0. The molecule has 4 N–H and O–H groups in total. The summed E-state index contributed by atoms with van der Waals surface area (Å²) in [6, 6.07) is 1.38. The molecule has 0 aliphatic heterocycles. The van der Waals surface area contributed by atoms with Gasteiger partial charge in [-0.1, -0.05) is 0 Å². The zero-order chi connectivity index (χ0) is 25.8. The fourth-order valence-corrected chi connectivity index (χ4v) is 1.60. The number of aromatic amines is 2. The molecule has 2 aromatic heterocycles. The molecule has 0 radical (unpaired) electrons. The largest absolute Gasteiger partial charge is 1.00 e. The minimum Gasteiger partial charge on any atom is -0.635 e. The van der Waals surface area contributed by atoms with E-state index in [1.165, 1.54) is 29.9 Å². The molecule has 0 saturated heterocycles. The van der Waals surface area contributed by atoms with Gasteiger partial charge >= 0.3 is 84.4 Å². The second-order valence-electron chi connectivity index (χ2n) is 5.25. The van der Waals surface area contributed by atoms with Gasteiger partial charge in [0.25, 0.3) is 5.56 Å². The summed E-state index contributed by atoms with van der Waals surface area (Å²) in [4.78, 5) is 67.5. The molecule has 0 bridgehead atoms. The van der Waals surface area contributed by atoms with Gasteiger partial charge in [-0.05, 0) is 13.8 Å². The number of nitrogens with one attached hydrogen (secondary N) is 2. The van der Waals surface area contributed by atoms with Crippen molar-refractivity contribution in [2.75, 3.05) is 0 Å². The Bertz CT molecular complexity index is 1270. The van der Waals surface area contributed by atoms with Crippen LogP contribution >= 0.6 is 0 Å². The van der Waals surface area contributed by atoms with Crippen molar-refractivity contribution in [2.45, 2.75) is 13.8 Å². The minimum atomic E-state index is -4.67. The van der Waals surface area contributed by atoms with E-state index in [-0.39, 0.29) is 68.3 Å². The molecule has 0 aromatic carbocycles. The van der Waals surface area contributed by atoms with Crippen molar-refractivity contribution in [3.63, 3.8) is 0 Å². The maximum atomic E-state index is 10.9. The fourth-order valence-electron chi connectivity index (χ4n) is 1.60. The van der Waals surface area contributed by atoms with Crippen LogP contribution in [-0.2, 0) is 29.5 Å². The first-order valence-corrected chi connectivity index (χ1v) is 8.90. The molecule has 0 saturated carbocycles. The Morgan fingerprint density at radius 1 is 1.06 bits per heavy atom. The van der Waals surface area contributed by atoms with Gasteiger partial charge in [-0.2, -0.15) is 8.42 Å². The monoisotopic (exact) mass is 524 g/mol. The molecule has 21 heteroatoms. The van der Waals surface area contributed by atoms with Gasteiger partial charge in [-0.15, -0.1) is 4.91 Å². The van der Waals surface area contributed by atoms with Crippen molar-refractivity contribution in [1.29, 1.82) is 0 Å². The molecule has 0 fully saturated rings. The number of aryl methyl sites for hydroxylation is 1. The van der Waals surface area contributed by atoms with E-state index < -0.39 is 32.3 Å². The van der Waals surface area contributed by atoms with E-state index in [1.807, 2.05) is 4.98 Å². The van der Waals surface area contributed by atoms with Crippen molar-refractivity contribution in [2.24, 2.45) is 19.4 Å². The molecule has 2 aromatic rings. The van der Waals surface area contributed by atoms with Crippen LogP contribution < -0.4 is 79.1 Å². The summed E-state index contributed by atoms with van der Waals surface area (Å²) in [6.07, 6.45) is 0. The first-order chi connectivity index (χ1) is 14.5. The summed E-state index contributed by atoms with van der Waals surface area (Å²) >= 11 is 0. The molecular weight excluding hydrogens is 507 g/mol. The Hall–Kier alpha value is -2.37. The molecule has 0 aliphatic carbocycles. The van der Waals surface area contributed by atoms with E-state index in [0.717, 1.165) is 4.57 Å². The number of hydrogen-bond acceptors (Lipinski definition) is 12. The topological polar surface area (TPSA) is 289 Å². The van der Waals surface area contributed by atoms with Gasteiger partial charge in [-0.25, -0.2) is 9.59 Å². The second kappa shape index (κ2) is 16.3. The van der Waals surface area contributed by atoms with Gasteiger partial charge in [0, 0.05) is 25.9 Å². The predicted octanol–water partition coefficient (Wildman–Crippen LogP) is -6.02. The third kappa shape index (κ3) is 15.2. The second-order valence-corrected chi connectivity index (χ2v) is 6.14. The molecular formula is C12H17KN6O13S. The number of H-pyrrole nitrogens is 2. The Balaban J connectivity index is -0.000000399. The van der Waals surface area contributed by atoms with Crippen molar-refractivity contribution in [3.8, 4) is 0 Å². The summed E-state index contributed by atoms with van der Waals surface area (Å²) in [6.45, 7) is 3.05. The smallest absolute Gasteiger partial charge is 0.635 e. The average Bonchev–Trinajstić information content (AvgIpc) is 2.63. The van der Waals surface area contributed by atoms with E-state index in [4.69, 9.17) is 27.7 Å². The van der Waals surface area contributed by atoms with Gasteiger partial charge in [0.15, 0.2) is 0 Å². The first kappa shape index (κ1) is 35.2. The van der Waals surface area contributed by atoms with Gasteiger partial charge < -0.3 is 14.8 Å². The van der Waals surface area contributed by atoms with Crippen LogP contribution in [0.1, 0.15) is 11.4 Å². The normalized spacial score (nSPS) is 9.30. The van der Waals surface area contributed by atoms with Crippen molar-refractivity contribution < 1.29 is 84.1 Å². The molecule has 0 unspecified atom stereocenters. The van der Waals surface area contributed by atoms with Crippen molar-refractivity contribution in [3.05, 3.63) is 74.2 Å². The summed E-state index contributed by atoms with van der Waals surface area (Å²) in [5.41, 5.74) is -2.24. The van der Waals surface area contributed by atoms with E-state index in [0.29, 0.717) is 5.69 Å². The number of hydrogen-bond donors (Lipinski definition) is 4. The zero-order valence-corrected chi connectivity index (χ0v) is 21.6. The SMILES string of the molecule is Cc1c([N+](=O)[O-])c(=O)[nH]c(=O)n1C.Cc1cc(=O)[nH]c(=O)n1C.O=NO[O-].O=S(=O)(O)O.[K+]. The van der Waals surface area contributed by atoms with Gasteiger partial charge in [0.1, 0.15) is 11.0 Å². The Kier molecular flexibility index (Phi) is 17.4. The van der Waals surface area contributed by atoms with Crippen LogP contribution in [0.15, 0.2) is 30.6 Å². The quantitative estimate of drug-likeness (QED) is 0.0711. The fraction of sp³-hybridized carbons (Fsp3) is 0.333. The third-order valence-electron chi connectivity index (χ3n) is 3.20. The molecule has 0 amide bonds. The molecule has 0 aliphatic rings. The van der Waals surface area contributed by atoms with Crippen LogP contribution in [0, 0.1) is 28.9 Å². The summed E-state index contributed by atoms with van der Waals surface area (Å²) in [7, 11) is -1.71. The number of aromatic nitrogens is 4. The molecule has 0 atom stereocenters. The minimum absolute atomic E-state index is 0. The number of nitro groups is 1. The van der Waals surface area contributed by atoms with E-state index in [2.05, 4.69) is 9.97 Å². The van der Waals surface area contributed by atoms with Gasteiger partial charge in [0.2, 0.25) is 0 Å². The van der Waals surface area contributed by atoms with Crippen LogP contribution in [0.5, 0.6) is 0 Å². The number of nitrogens with zero attached hydrogens (tertiary/aromatic N) is 4. The molecule has 2 rings (SSSR count). The van der Waals surface area contributed by atoms with E-state index in [1.54, 1.807) is 14.0 Å². The molecule has 33 heavy (non-hydrogen) atoms. The Morgan fingerprint density at radius 3 is 1.79 bits per heavy atom. The zero-order valence-electron chi connectivity index (χ0n) is 17.7.